The van der Waals surface area contributed by atoms with Gasteiger partial charge in [-0.15, -0.1) is 0 Å². The van der Waals surface area contributed by atoms with E-state index in [4.69, 9.17) is 0 Å². The number of Topliss-reactive ketones (excluding diaryl/α,β-unsaturated/α-hetero) is 1. The van der Waals surface area contributed by atoms with Crippen molar-refractivity contribution < 1.29 is 9.90 Å². The first-order chi connectivity index (χ1) is 12.5. The SMILES string of the molecule is CC(=O)c1cc2c3c4c(ccc3n(CCCN(C)C)c2cc1O)CCC4. The summed E-state index contributed by atoms with van der Waals surface area (Å²) in [6, 6.07) is 8.16. The van der Waals surface area contributed by atoms with Crippen LogP contribution in [0.5, 0.6) is 5.75 Å². The molecule has 1 aromatic heterocycles. The van der Waals surface area contributed by atoms with Gasteiger partial charge in [0.25, 0.3) is 0 Å². The summed E-state index contributed by atoms with van der Waals surface area (Å²) < 4.78 is 2.32. The first-order valence-corrected chi connectivity index (χ1v) is 9.42. The second kappa shape index (κ2) is 6.44. The topological polar surface area (TPSA) is 45.5 Å². The molecule has 0 spiro atoms. The van der Waals surface area contributed by atoms with E-state index in [2.05, 4.69) is 35.7 Å². The molecule has 0 saturated carbocycles. The van der Waals surface area contributed by atoms with Crippen molar-refractivity contribution in [3.63, 3.8) is 0 Å². The molecule has 4 heteroatoms. The molecule has 1 aliphatic carbocycles. The molecule has 4 nitrogen and oxygen atoms in total. The zero-order chi connectivity index (χ0) is 18.4. The van der Waals surface area contributed by atoms with E-state index in [9.17, 15) is 9.90 Å². The minimum atomic E-state index is -0.0921. The average molecular weight is 350 g/mol. The summed E-state index contributed by atoms with van der Waals surface area (Å²) in [4.78, 5) is 14.2. The number of aromatic hydroxyl groups is 1. The number of aryl methyl sites for hydroxylation is 3. The highest BCUT2D eigenvalue weighted by molar-refractivity contribution is 6.13. The molecule has 2 aromatic carbocycles. The molecule has 0 atom stereocenters. The number of hydrogen-bond acceptors (Lipinski definition) is 3. The normalized spacial score (nSPS) is 13.8. The second-order valence-electron chi connectivity index (χ2n) is 7.70. The Morgan fingerprint density at radius 1 is 1.19 bits per heavy atom. The highest BCUT2D eigenvalue weighted by Gasteiger charge is 2.21. The quantitative estimate of drug-likeness (QED) is 0.703. The van der Waals surface area contributed by atoms with Crippen molar-refractivity contribution in [2.45, 2.75) is 39.2 Å². The maximum Gasteiger partial charge on any atom is 0.163 e. The molecular formula is C22H26N2O2. The largest absolute Gasteiger partial charge is 0.507 e. The van der Waals surface area contributed by atoms with Crippen molar-refractivity contribution in [3.8, 4) is 5.75 Å². The third kappa shape index (κ3) is 2.69. The number of fused-ring (bicyclic) bond motifs is 5. The molecule has 0 aliphatic heterocycles. The van der Waals surface area contributed by atoms with Crippen molar-refractivity contribution in [3.05, 3.63) is 41.0 Å². The maximum atomic E-state index is 12.0. The summed E-state index contributed by atoms with van der Waals surface area (Å²) in [5.41, 5.74) is 5.53. The lowest BCUT2D eigenvalue weighted by Crippen LogP contribution is -2.15. The summed E-state index contributed by atoms with van der Waals surface area (Å²) >= 11 is 0. The summed E-state index contributed by atoms with van der Waals surface area (Å²) in [5, 5.41) is 12.8. The van der Waals surface area contributed by atoms with Gasteiger partial charge in [0.05, 0.1) is 11.1 Å². The molecule has 0 bridgehead atoms. The first-order valence-electron chi connectivity index (χ1n) is 9.42. The zero-order valence-electron chi connectivity index (χ0n) is 15.8. The van der Waals surface area contributed by atoms with Gasteiger partial charge in [-0.2, -0.15) is 0 Å². The van der Waals surface area contributed by atoms with Crippen LogP contribution in [0.25, 0.3) is 21.8 Å². The summed E-state index contributed by atoms with van der Waals surface area (Å²) in [6.07, 6.45) is 4.47. The first kappa shape index (κ1) is 17.1. The number of hydrogen-bond donors (Lipinski definition) is 1. The van der Waals surface area contributed by atoms with Crippen LogP contribution < -0.4 is 0 Å². The number of rotatable bonds is 5. The van der Waals surface area contributed by atoms with Gasteiger partial charge in [-0.3, -0.25) is 4.79 Å². The Bertz CT molecular complexity index is 1010. The number of benzene rings is 2. The molecule has 136 valence electrons. The van der Waals surface area contributed by atoms with Crippen LogP contribution in [0.4, 0.5) is 0 Å². The van der Waals surface area contributed by atoms with Gasteiger partial charge in [-0.25, -0.2) is 0 Å². The molecule has 4 rings (SSSR count). The lowest BCUT2D eigenvalue weighted by atomic mass is 10.0. The van der Waals surface area contributed by atoms with E-state index >= 15 is 0 Å². The highest BCUT2D eigenvalue weighted by Crippen LogP contribution is 2.39. The van der Waals surface area contributed by atoms with E-state index in [0.717, 1.165) is 43.3 Å². The fourth-order valence-electron chi connectivity index (χ4n) is 4.38. The van der Waals surface area contributed by atoms with E-state index in [1.807, 2.05) is 6.07 Å². The molecule has 0 radical (unpaired) electrons. The van der Waals surface area contributed by atoms with Crippen molar-refractivity contribution in [2.75, 3.05) is 20.6 Å². The average Bonchev–Trinajstić information content (AvgIpc) is 3.16. The van der Waals surface area contributed by atoms with Gasteiger partial charge < -0.3 is 14.6 Å². The Balaban J connectivity index is 1.99. The van der Waals surface area contributed by atoms with Crippen molar-refractivity contribution >= 4 is 27.6 Å². The third-order valence-corrected chi connectivity index (χ3v) is 5.59. The van der Waals surface area contributed by atoms with Crippen LogP contribution in [0.2, 0.25) is 0 Å². The van der Waals surface area contributed by atoms with Gasteiger partial charge in [0.2, 0.25) is 0 Å². The molecule has 3 aromatic rings. The number of carbonyl (C=O) groups excluding carboxylic acids is 1. The Kier molecular flexibility index (Phi) is 4.23. The molecule has 1 aliphatic rings. The van der Waals surface area contributed by atoms with Crippen LogP contribution in [0, 0.1) is 0 Å². The molecule has 1 heterocycles. The lowest BCUT2D eigenvalue weighted by Gasteiger charge is -2.12. The van der Waals surface area contributed by atoms with Crippen LogP contribution in [0.3, 0.4) is 0 Å². The van der Waals surface area contributed by atoms with Gasteiger partial charge in [0.15, 0.2) is 5.78 Å². The van der Waals surface area contributed by atoms with E-state index in [0.29, 0.717) is 5.56 Å². The zero-order valence-corrected chi connectivity index (χ0v) is 15.8. The predicted octanol–water partition coefficient (Wildman–Crippen LogP) is 4.14. The molecule has 1 N–H and O–H groups in total. The van der Waals surface area contributed by atoms with E-state index in [1.54, 1.807) is 6.07 Å². The van der Waals surface area contributed by atoms with Crippen molar-refractivity contribution in [2.24, 2.45) is 0 Å². The molecular weight excluding hydrogens is 324 g/mol. The Labute approximate surface area is 154 Å². The van der Waals surface area contributed by atoms with E-state index in [-0.39, 0.29) is 11.5 Å². The van der Waals surface area contributed by atoms with Gasteiger partial charge in [0.1, 0.15) is 5.75 Å². The summed E-state index contributed by atoms with van der Waals surface area (Å²) in [7, 11) is 4.17. The standard InChI is InChI=1S/C22H26N2O2/c1-14(25)17-12-18-20(13-21(17)26)24(11-5-10-23(2)3)19-9-8-15-6-4-7-16(15)22(18)19/h8-9,12-13,26H,4-7,10-11H2,1-3H3. The maximum absolute atomic E-state index is 12.0. The molecule has 0 unspecified atom stereocenters. The second-order valence-corrected chi connectivity index (χ2v) is 7.70. The Morgan fingerprint density at radius 3 is 2.73 bits per heavy atom. The minimum Gasteiger partial charge on any atom is -0.507 e. The highest BCUT2D eigenvalue weighted by atomic mass is 16.3. The summed E-state index contributed by atoms with van der Waals surface area (Å²) in [5.74, 6) is -0.0104. The smallest absolute Gasteiger partial charge is 0.163 e. The molecule has 0 saturated heterocycles. The van der Waals surface area contributed by atoms with Gasteiger partial charge in [-0.05, 0) is 76.5 Å². The number of carbonyl (C=O) groups is 1. The van der Waals surface area contributed by atoms with Gasteiger partial charge in [0, 0.05) is 28.9 Å². The molecule has 26 heavy (non-hydrogen) atoms. The predicted molar refractivity (Wildman–Crippen MR) is 106 cm³/mol. The van der Waals surface area contributed by atoms with Crippen LogP contribution in [-0.2, 0) is 19.4 Å². The van der Waals surface area contributed by atoms with Gasteiger partial charge in [-0.1, -0.05) is 6.07 Å². The number of aromatic nitrogens is 1. The number of ketones is 1. The summed E-state index contributed by atoms with van der Waals surface area (Å²) in [6.45, 7) is 3.43. The Morgan fingerprint density at radius 2 is 2.00 bits per heavy atom. The van der Waals surface area contributed by atoms with Gasteiger partial charge >= 0.3 is 0 Å². The Hall–Kier alpha value is -2.33. The number of nitrogens with zero attached hydrogens (tertiary/aromatic N) is 2. The van der Waals surface area contributed by atoms with Crippen molar-refractivity contribution in [1.29, 1.82) is 0 Å². The lowest BCUT2D eigenvalue weighted by molar-refractivity contribution is 0.101. The third-order valence-electron chi connectivity index (χ3n) is 5.59. The van der Waals surface area contributed by atoms with Crippen LogP contribution in [-0.4, -0.2) is 41.0 Å². The van der Waals surface area contributed by atoms with Crippen LogP contribution in [0.15, 0.2) is 24.3 Å². The van der Waals surface area contributed by atoms with E-state index < -0.39 is 0 Å². The van der Waals surface area contributed by atoms with Crippen LogP contribution >= 0.6 is 0 Å². The fourth-order valence-corrected chi connectivity index (χ4v) is 4.38. The number of phenolic OH excluding ortho intramolecular Hbond substituents is 1. The monoisotopic (exact) mass is 350 g/mol. The van der Waals surface area contributed by atoms with Crippen molar-refractivity contribution in [1.82, 2.24) is 9.47 Å². The minimum absolute atomic E-state index is 0.0818. The van der Waals surface area contributed by atoms with Crippen LogP contribution in [0.1, 0.15) is 41.3 Å². The fraction of sp³-hybridized carbons (Fsp3) is 0.409. The molecule has 0 fully saturated rings. The molecule has 0 amide bonds. The van der Waals surface area contributed by atoms with E-state index in [1.165, 1.54) is 35.4 Å². The number of phenols is 1.